The minimum atomic E-state index is -0.541. The number of carbonyl (C=O) groups is 2. The first-order valence-electron chi connectivity index (χ1n) is 5.53. The van der Waals surface area contributed by atoms with Crippen molar-refractivity contribution in [2.24, 2.45) is 0 Å². The molecule has 92 valence electrons. The summed E-state index contributed by atoms with van der Waals surface area (Å²) < 4.78 is 4.66. The molecule has 4 nitrogen and oxygen atoms in total. The zero-order chi connectivity index (χ0) is 13.4. The number of esters is 1. The summed E-state index contributed by atoms with van der Waals surface area (Å²) in [6.07, 6.45) is 2.53. The zero-order valence-electron chi connectivity index (χ0n) is 10.1. The molecule has 0 aliphatic heterocycles. The van der Waals surface area contributed by atoms with Crippen LogP contribution in [0.2, 0.25) is 0 Å². The maximum Gasteiger partial charge on any atom is 0.313 e. The molecule has 0 N–H and O–H groups in total. The lowest BCUT2D eigenvalue weighted by molar-refractivity contribution is -0.144. The Kier molecular flexibility index (Phi) is 5.33. The van der Waals surface area contributed by atoms with E-state index in [0.29, 0.717) is 11.1 Å². The van der Waals surface area contributed by atoms with E-state index in [1.54, 1.807) is 31.2 Å². The van der Waals surface area contributed by atoms with Crippen molar-refractivity contribution in [2.75, 3.05) is 6.61 Å². The van der Waals surface area contributed by atoms with Gasteiger partial charge in [0.15, 0.2) is 5.78 Å². The molecule has 4 heteroatoms. The van der Waals surface area contributed by atoms with Gasteiger partial charge in [-0.1, -0.05) is 24.3 Å². The third-order valence-electron chi connectivity index (χ3n) is 2.15. The van der Waals surface area contributed by atoms with E-state index in [2.05, 4.69) is 4.74 Å². The summed E-state index contributed by atoms with van der Waals surface area (Å²) in [6, 6.07) is 8.94. The molecule has 0 saturated heterocycles. The SMILES string of the molecule is CCOC(=O)CC(=O)C=Cc1ccccc1C#N. The number of rotatable bonds is 5. The van der Waals surface area contributed by atoms with Gasteiger partial charge in [-0.2, -0.15) is 5.26 Å². The minimum Gasteiger partial charge on any atom is -0.466 e. The fourth-order valence-electron chi connectivity index (χ4n) is 1.34. The number of hydrogen-bond acceptors (Lipinski definition) is 4. The van der Waals surface area contributed by atoms with Crippen LogP contribution in [0.4, 0.5) is 0 Å². The summed E-state index contributed by atoms with van der Waals surface area (Å²) in [5, 5.41) is 8.86. The van der Waals surface area contributed by atoms with Crippen molar-refractivity contribution in [1.82, 2.24) is 0 Å². The molecule has 0 bridgehead atoms. The van der Waals surface area contributed by atoms with Crippen molar-refractivity contribution in [2.45, 2.75) is 13.3 Å². The van der Waals surface area contributed by atoms with Gasteiger partial charge < -0.3 is 4.74 Å². The van der Waals surface area contributed by atoms with Gasteiger partial charge in [0.1, 0.15) is 6.42 Å². The van der Waals surface area contributed by atoms with Crippen molar-refractivity contribution < 1.29 is 14.3 Å². The smallest absolute Gasteiger partial charge is 0.313 e. The normalized spacial score (nSPS) is 10.0. The number of ketones is 1. The Balaban J connectivity index is 2.67. The molecule has 0 aliphatic carbocycles. The molecule has 0 fully saturated rings. The van der Waals surface area contributed by atoms with Crippen molar-refractivity contribution in [3.05, 3.63) is 41.5 Å². The first kappa shape index (κ1) is 13.7. The third kappa shape index (κ3) is 4.22. The summed E-state index contributed by atoms with van der Waals surface area (Å²) in [7, 11) is 0. The van der Waals surface area contributed by atoms with Gasteiger partial charge in [-0.3, -0.25) is 9.59 Å². The molecule has 1 rings (SSSR count). The molecular weight excluding hydrogens is 230 g/mol. The van der Waals surface area contributed by atoms with E-state index in [1.807, 2.05) is 6.07 Å². The molecular formula is C14H13NO3. The molecule has 0 radical (unpaired) electrons. The monoisotopic (exact) mass is 243 g/mol. The minimum absolute atomic E-state index is 0.257. The van der Waals surface area contributed by atoms with Crippen molar-refractivity contribution in [3.8, 4) is 6.07 Å². The molecule has 0 spiro atoms. The Labute approximate surface area is 105 Å². The lowest BCUT2D eigenvalue weighted by Crippen LogP contribution is -2.09. The zero-order valence-corrected chi connectivity index (χ0v) is 10.1. The number of ether oxygens (including phenoxy) is 1. The molecule has 0 heterocycles. The lowest BCUT2D eigenvalue weighted by Gasteiger charge is -1.98. The van der Waals surface area contributed by atoms with Crippen LogP contribution in [0.25, 0.3) is 6.08 Å². The van der Waals surface area contributed by atoms with E-state index >= 15 is 0 Å². The highest BCUT2D eigenvalue weighted by Crippen LogP contribution is 2.09. The second-order valence-corrected chi connectivity index (χ2v) is 3.48. The molecule has 0 aromatic heterocycles. The fourth-order valence-corrected chi connectivity index (χ4v) is 1.34. The van der Waals surface area contributed by atoms with Crippen LogP contribution in [0.5, 0.6) is 0 Å². The van der Waals surface area contributed by atoms with E-state index in [4.69, 9.17) is 5.26 Å². The van der Waals surface area contributed by atoms with Crippen molar-refractivity contribution >= 4 is 17.8 Å². The number of carbonyl (C=O) groups excluding carboxylic acids is 2. The molecule has 0 aliphatic rings. The molecule has 0 unspecified atom stereocenters. The van der Waals surface area contributed by atoms with Crippen molar-refractivity contribution in [1.29, 1.82) is 5.26 Å². The van der Waals surface area contributed by atoms with Gasteiger partial charge in [0, 0.05) is 0 Å². The van der Waals surface area contributed by atoms with Crippen LogP contribution < -0.4 is 0 Å². The van der Waals surface area contributed by atoms with Gasteiger partial charge in [-0.05, 0) is 24.6 Å². The summed E-state index contributed by atoms with van der Waals surface area (Å²) in [5.74, 6) is -0.887. The first-order valence-corrected chi connectivity index (χ1v) is 5.53. The van der Waals surface area contributed by atoms with Crippen LogP contribution in [-0.4, -0.2) is 18.4 Å². The van der Waals surface area contributed by atoms with Gasteiger partial charge in [-0.15, -0.1) is 0 Å². The summed E-state index contributed by atoms with van der Waals surface area (Å²) >= 11 is 0. The second-order valence-electron chi connectivity index (χ2n) is 3.48. The van der Waals surface area contributed by atoms with Crippen LogP contribution in [0.15, 0.2) is 30.3 Å². The highest BCUT2D eigenvalue weighted by molar-refractivity contribution is 6.04. The van der Waals surface area contributed by atoms with E-state index in [1.165, 1.54) is 12.2 Å². The summed E-state index contributed by atoms with van der Waals surface area (Å²) in [6.45, 7) is 1.94. The van der Waals surface area contributed by atoms with E-state index in [0.717, 1.165) is 0 Å². The van der Waals surface area contributed by atoms with Gasteiger partial charge in [-0.25, -0.2) is 0 Å². The maximum absolute atomic E-state index is 11.4. The highest BCUT2D eigenvalue weighted by atomic mass is 16.5. The largest absolute Gasteiger partial charge is 0.466 e. The highest BCUT2D eigenvalue weighted by Gasteiger charge is 2.07. The molecule has 0 atom stereocenters. The standard InChI is InChI=1S/C14H13NO3/c1-2-18-14(17)9-13(16)8-7-11-5-3-4-6-12(11)10-15/h3-8H,2,9H2,1H3. The van der Waals surface area contributed by atoms with Gasteiger partial charge in [0.25, 0.3) is 0 Å². The Morgan fingerprint density at radius 2 is 2.11 bits per heavy atom. The van der Waals surface area contributed by atoms with Crippen LogP contribution in [-0.2, 0) is 14.3 Å². The number of nitriles is 1. The predicted octanol–water partition coefficient (Wildman–Crippen LogP) is 2.09. The molecule has 1 aromatic rings. The quantitative estimate of drug-likeness (QED) is 0.451. The molecule has 0 saturated carbocycles. The molecule has 1 aromatic carbocycles. The van der Waals surface area contributed by atoms with Crippen LogP contribution in [0.3, 0.4) is 0 Å². The number of nitrogens with zero attached hydrogens (tertiary/aromatic N) is 1. The Hall–Kier alpha value is -2.41. The number of hydrogen-bond donors (Lipinski definition) is 0. The van der Waals surface area contributed by atoms with Crippen LogP contribution >= 0.6 is 0 Å². The summed E-state index contributed by atoms with van der Waals surface area (Å²) in [5.41, 5.74) is 1.13. The number of benzene rings is 1. The first-order chi connectivity index (χ1) is 8.67. The third-order valence-corrected chi connectivity index (χ3v) is 2.15. The lowest BCUT2D eigenvalue weighted by atomic mass is 10.1. The fraction of sp³-hybridized carbons (Fsp3) is 0.214. The average Bonchev–Trinajstić information content (AvgIpc) is 2.37. The van der Waals surface area contributed by atoms with Crippen LogP contribution in [0.1, 0.15) is 24.5 Å². The molecule has 18 heavy (non-hydrogen) atoms. The van der Waals surface area contributed by atoms with E-state index < -0.39 is 5.97 Å². The Bertz CT molecular complexity index is 512. The van der Waals surface area contributed by atoms with Gasteiger partial charge in [0.2, 0.25) is 0 Å². The molecule has 0 amide bonds. The Morgan fingerprint density at radius 1 is 1.39 bits per heavy atom. The number of allylic oxidation sites excluding steroid dienone is 1. The second kappa shape index (κ2) is 7.02. The Morgan fingerprint density at radius 3 is 2.78 bits per heavy atom. The predicted molar refractivity (Wildman–Crippen MR) is 66.4 cm³/mol. The maximum atomic E-state index is 11.4. The van der Waals surface area contributed by atoms with Gasteiger partial charge >= 0.3 is 5.97 Å². The summed E-state index contributed by atoms with van der Waals surface area (Å²) in [4.78, 5) is 22.5. The van der Waals surface area contributed by atoms with Crippen molar-refractivity contribution in [3.63, 3.8) is 0 Å². The average molecular weight is 243 g/mol. The van der Waals surface area contributed by atoms with E-state index in [9.17, 15) is 9.59 Å². The van der Waals surface area contributed by atoms with E-state index in [-0.39, 0.29) is 18.8 Å². The van der Waals surface area contributed by atoms with Crippen LogP contribution in [0, 0.1) is 11.3 Å². The van der Waals surface area contributed by atoms with Gasteiger partial charge in [0.05, 0.1) is 18.2 Å². The topological polar surface area (TPSA) is 67.2 Å².